The fourth-order valence-electron chi connectivity index (χ4n) is 2.82. The predicted octanol–water partition coefficient (Wildman–Crippen LogP) is 2.25. The second-order valence-corrected chi connectivity index (χ2v) is 5.49. The van der Waals surface area contributed by atoms with Gasteiger partial charge in [-0.3, -0.25) is 0 Å². The van der Waals surface area contributed by atoms with Crippen LogP contribution in [0.15, 0.2) is 18.2 Å². The summed E-state index contributed by atoms with van der Waals surface area (Å²) >= 11 is 0. The molecule has 1 heterocycles. The van der Waals surface area contributed by atoms with E-state index < -0.39 is 0 Å². The second-order valence-electron chi connectivity index (χ2n) is 5.49. The summed E-state index contributed by atoms with van der Waals surface area (Å²) in [7, 11) is 2.13. The molecule has 2 rings (SSSR count). The van der Waals surface area contributed by atoms with Gasteiger partial charge in [-0.2, -0.15) is 0 Å². The second kappa shape index (κ2) is 5.29. The lowest BCUT2D eigenvalue weighted by Gasteiger charge is -2.45. The number of likely N-dealkylation sites (N-methyl/N-ethyl adjacent to an activating group) is 1. The van der Waals surface area contributed by atoms with Gasteiger partial charge in [0.2, 0.25) is 0 Å². The van der Waals surface area contributed by atoms with E-state index >= 15 is 0 Å². The lowest BCUT2D eigenvalue weighted by atomic mass is 9.90. The quantitative estimate of drug-likeness (QED) is 0.891. The number of anilines is 1. The van der Waals surface area contributed by atoms with Gasteiger partial charge in [0.1, 0.15) is 0 Å². The Morgan fingerprint density at radius 3 is 2.44 bits per heavy atom. The Labute approximate surface area is 110 Å². The molecule has 18 heavy (non-hydrogen) atoms. The van der Waals surface area contributed by atoms with Crippen LogP contribution in [0.2, 0.25) is 0 Å². The molecule has 1 aromatic carbocycles. The van der Waals surface area contributed by atoms with Gasteiger partial charge in [-0.25, -0.2) is 0 Å². The molecule has 1 aliphatic rings. The molecule has 1 aliphatic heterocycles. The first-order chi connectivity index (χ1) is 8.57. The number of benzene rings is 1. The molecule has 0 aromatic heterocycles. The summed E-state index contributed by atoms with van der Waals surface area (Å²) in [5.41, 5.74) is 9.81. The molecule has 0 radical (unpaired) electrons. The smallest absolute Gasteiger partial charge is 0.0754 e. The summed E-state index contributed by atoms with van der Waals surface area (Å²) in [6.45, 7) is 6.50. The molecule has 0 spiro atoms. The third-order valence-electron chi connectivity index (χ3n) is 3.99. The number of hydrogen-bond acceptors (Lipinski definition) is 3. The molecule has 0 aliphatic carbocycles. The van der Waals surface area contributed by atoms with E-state index in [1.165, 1.54) is 16.8 Å². The summed E-state index contributed by atoms with van der Waals surface area (Å²) in [5, 5.41) is 0. The van der Waals surface area contributed by atoms with Crippen LogP contribution >= 0.6 is 0 Å². The monoisotopic (exact) mass is 248 g/mol. The maximum atomic E-state index is 6.03. The van der Waals surface area contributed by atoms with E-state index in [9.17, 15) is 0 Å². The minimum absolute atomic E-state index is 0.0432. The van der Waals surface area contributed by atoms with Crippen LogP contribution in [0.1, 0.15) is 24.0 Å². The van der Waals surface area contributed by atoms with Crippen molar-refractivity contribution in [2.45, 2.75) is 32.2 Å². The Morgan fingerprint density at radius 1 is 1.28 bits per heavy atom. The van der Waals surface area contributed by atoms with Crippen molar-refractivity contribution in [1.29, 1.82) is 0 Å². The zero-order valence-corrected chi connectivity index (χ0v) is 11.7. The molecule has 0 saturated carbocycles. The highest BCUT2D eigenvalue weighted by molar-refractivity contribution is 5.52. The first kappa shape index (κ1) is 13.4. The number of nitrogens with two attached hydrogens (primary N) is 1. The number of nitrogens with zero attached hydrogens (tertiary/aromatic N) is 1. The largest absolute Gasteiger partial charge is 0.379 e. The molecule has 1 unspecified atom stereocenters. The standard InChI is InChI=1S/C15H24N2O/c1-12-7-13(2)9-14(8-12)17(3)15(10-16)5-4-6-18-11-15/h7-9H,4-6,10-11,16H2,1-3H3. The van der Waals surface area contributed by atoms with Crippen LogP contribution in [0.3, 0.4) is 0 Å². The van der Waals surface area contributed by atoms with Crippen molar-refractivity contribution in [3.8, 4) is 0 Å². The van der Waals surface area contributed by atoms with Crippen molar-refractivity contribution in [2.24, 2.45) is 5.73 Å². The lowest BCUT2D eigenvalue weighted by Crippen LogP contribution is -2.57. The average molecular weight is 248 g/mol. The Bertz CT molecular complexity index is 391. The molecule has 100 valence electrons. The third kappa shape index (κ3) is 2.52. The van der Waals surface area contributed by atoms with Crippen molar-refractivity contribution in [2.75, 3.05) is 31.7 Å². The van der Waals surface area contributed by atoms with Gasteiger partial charge in [0, 0.05) is 25.9 Å². The van der Waals surface area contributed by atoms with Crippen LogP contribution in [0, 0.1) is 13.8 Å². The third-order valence-corrected chi connectivity index (χ3v) is 3.99. The van der Waals surface area contributed by atoms with Crippen LogP contribution in [-0.4, -0.2) is 32.3 Å². The van der Waals surface area contributed by atoms with Gasteiger partial charge in [-0.15, -0.1) is 0 Å². The van der Waals surface area contributed by atoms with Crippen LogP contribution < -0.4 is 10.6 Å². The van der Waals surface area contributed by atoms with Crippen LogP contribution in [-0.2, 0) is 4.74 Å². The van der Waals surface area contributed by atoms with Crippen molar-refractivity contribution in [3.05, 3.63) is 29.3 Å². The molecule has 1 fully saturated rings. The van der Waals surface area contributed by atoms with Gasteiger partial charge in [0.05, 0.1) is 12.1 Å². The summed E-state index contributed by atoms with van der Waals surface area (Å²) in [4.78, 5) is 2.31. The van der Waals surface area contributed by atoms with E-state index in [1.807, 2.05) is 0 Å². The Balaban J connectivity index is 2.30. The Kier molecular flexibility index (Phi) is 3.93. The number of aryl methyl sites for hydroxylation is 2. The zero-order valence-electron chi connectivity index (χ0n) is 11.7. The molecule has 0 bridgehead atoms. The van der Waals surface area contributed by atoms with Crippen LogP contribution in [0.5, 0.6) is 0 Å². The van der Waals surface area contributed by atoms with Gasteiger partial charge in [-0.05, 0) is 49.9 Å². The van der Waals surface area contributed by atoms with Gasteiger partial charge in [0.25, 0.3) is 0 Å². The summed E-state index contributed by atoms with van der Waals surface area (Å²) < 4.78 is 5.66. The molecule has 1 saturated heterocycles. The molecule has 1 aromatic rings. The maximum absolute atomic E-state index is 6.03. The minimum atomic E-state index is -0.0432. The lowest BCUT2D eigenvalue weighted by molar-refractivity contribution is 0.0396. The molecule has 0 amide bonds. The highest BCUT2D eigenvalue weighted by Crippen LogP contribution is 2.30. The Morgan fingerprint density at radius 2 is 1.94 bits per heavy atom. The van der Waals surface area contributed by atoms with Gasteiger partial charge < -0.3 is 15.4 Å². The average Bonchev–Trinajstić information content (AvgIpc) is 2.37. The van der Waals surface area contributed by atoms with E-state index in [0.717, 1.165) is 26.1 Å². The van der Waals surface area contributed by atoms with Crippen LogP contribution in [0.25, 0.3) is 0 Å². The van der Waals surface area contributed by atoms with E-state index in [-0.39, 0.29) is 5.54 Å². The van der Waals surface area contributed by atoms with E-state index in [2.05, 4.69) is 44.0 Å². The van der Waals surface area contributed by atoms with Crippen molar-refractivity contribution < 1.29 is 4.74 Å². The van der Waals surface area contributed by atoms with E-state index in [1.54, 1.807) is 0 Å². The topological polar surface area (TPSA) is 38.5 Å². The molecule has 3 nitrogen and oxygen atoms in total. The summed E-state index contributed by atoms with van der Waals surface area (Å²) in [5.74, 6) is 0. The van der Waals surface area contributed by atoms with Crippen LogP contribution in [0.4, 0.5) is 5.69 Å². The first-order valence-electron chi connectivity index (χ1n) is 6.67. The zero-order chi connectivity index (χ0) is 13.2. The molecule has 1 atom stereocenters. The minimum Gasteiger partial charge on any atom is -0.379 e. The first-order valence-corrected chi connectivity index (χ1v) is 6.67. The number of ether oxygens (including phenoxy) is 1. The van der Waals surface area contributed by atoms with E-state index in [0.29, 0.717) is 6.54 Å². The fraction of sp³-hybridized carbons (Fsp3) is 0.600. The SMILES string of the molecule is Cc1cc(C)cc(N(C)C2(CN)CCCOC2)c1. The summed E-state index contributed by atoms with van der Waals surface area (Å²) in [6.07, 6.45) is 2.19. The Hall–Kier alpha value is -1.06. The van der Waals surface area contributed by atoms with Crippen molar-refractivity contribution >= 4 is 5.69 Å². The predicted molar refractivity (Wildman–Crippen MR) is 76.2 cm³/mol. The highest BCUT2D eigenvalue weighted by Gasteiger charge is 2.36. The maximum Gasteiger partial charge on any atom is 0.0754 e. The fourth-order valence-corrected chi connectivity index (χ4v) is 2.82. The number of hydrogen-bond donors (Lipinski definition) is 1. The van der Waals surface area contributed by atoms with Gasteiger partial charge in [0.15, 0.2) is 0 Å². The van der Waals surface area contributed by atoms with Crippen molar-refractivity contribution in [3.63, 3.8) is 0 Å². The normalized spacial score (nSPS) is 24.0. The van der Waals surface area contributed by atoms with Gasteiger partial charge >= 0.3 is 0 Å². The van der Waals surface area contributed by atoms with Gasteiger partial charge in [-0.1, -0.05) is 6.07 Å². The molecule has 2 N–H and O–H groups in total. The highest BCUT2D eigenvalue weighted by atomic mass is 16.5. The summed E-state index contributed by atoms with van der Waals surface area (Å²) in [6, 6.07) is 6.64. The molecular formula is C15H24N2O. The van der Waals surface area contributed by atoms with E-state index in [4.69, 9.17) is 10.5 Å². The molecule has 3 heteroatoms. The van der Waals surface area contributed by atoms with Crippen molar-refractivity contribution in [1.82, 2.24) is 0 Å². The molecular weight excluding hydrogens is 224 g/mol. The number of rotatable bonds is 3.